The van der Waals surface area contributed by atoms with Crippen LogP contribution in [0.2, 0.25) is 0 Å². The zero-order valence-corrected chi connectivity index (χ0v) is 9.70. The lowest BCUT2D eigenvalue weighted by atomic mass is 10.1. The van der Waals surface area contributed by atoms with E-state index in [-0.39, 0.29) is 24.7 Å². The van der Waals surface area contributed by atoms with Crippen molar-refractivity contribution >= 4 is 29.3 Å². The normalized spacial score (nSPS) is 12.1. The summed E-state index contributed by atoms with van der Waals surface area (Å²) in [5, 5.41) is 19.2. The smallest absolute Gasteiger partial charge is 0.320 e. The minimum Gasteiger partial charge on any atom is -0.494 e. The molecule has 0 aliphatic rings. The summed E-state index contributed by atoms with van der Waals surface area (Å²) in [5.74, 6) is -1.09. The Labute approximate surface area is 104 Å². The molecule has 1 aromatic heterocycles. The number of aromatic nitrogens is 1. The molecule has 1 atom stereocenters. The van der Waals surface area contributed by atoms with Gasteiger partial charge in [0.1, 0.15) is 6.04 Å². The third kappa shape index (κ3) is 2.51. The fraction of sp³-hybridized carbons (Fsp3) is 0.182. The average Bonchev–Trinajstić information content (AvgIpc) is 2.55. The van der Waals surface area contributed by atoms with Gasteiger partial charge in [-0.15, -0.1) is 12.4 Å². The van der Waals surface area contributed by atoms with Crippen LogP contribution in [0.15, 0.2) is 24.3 Å². The zero-order chi connectivity index (χ0) is 11.7. The van der Waals surface area contributed by atoms with Crippen molar-refractivity contribution in [2.24, 2.45) is 5.73 Å². The van der Waals surface area contributed by atoms with Crippen molar-refractivity contribution in [3.8, 4) is 5.88 Å². The van der Waals surface area contributed by atoms with E-state index in [1.807, 2.05) is 24.3 Å². The third-order valence-corrected chi connectivity index (χ3v) is 2.53. The Morgan fingerprint density at radius 1 is 1.41 bits per heavy atom. The van der Waals surface area contributed by atoms with E-state index in [4.69, 9.17) is 10.8 Å². The van der Waals surface area contributed by atoms with Crippen molar-refractivity contribution in [2.75, 3.05) is 0 Å². The highest BCUT2D eigenvalue weighted by molar-refractivity contribution is 5.86. The monoisotopic (exact) mass is 256 g/mol. The van der Waals surface area contributed by atoms with E-state index < -0.39 is 12.0 Å². The quantitative estimate of drug-likeness (QED) is 0.664. The summed E-state index contributed by atoms with van der Waals surface area (Å²) in [6, 6.07) is 6.27. The molecule has 1 heterocycles. The number of rotatable bonds is 3. The number of aliphatic carboxylic acids is 1. The molecular weight excluding hydrogens is 244 g/mol. The number of H-pyrrole nitrogens is 1. The second-order valence-electron chi connectivity index (χ2n) is 3.65. The standard InChI is InChI=1S/C11H12N2O3.ClH/c12-8(11(15)16)5-7-6-3-1-2-4-9(6)13-10(7)14;/h1-4,8,13-14H,5,12H2,(H,15,16);1H/t8-;/m0./s1. The van der Waals surface area contributed by atoms with Crippen LogP contribution >= 0.6 is 12.4 Å². The molecule has 17 heavy (non-hydrogen) atoms. The topological polar surface area (TPSA) is 99.3 Å². The van der Waals surface area contributed by atoms with Gasteiger partial charge in [-0.1, -0.05) is 18.2 Å². The molecule has 0 bridgehead atoms. The highest BCUT2D eigenvalue weighted by Gasteiger charge is 2.18. The first-order valence-electron chi connectivity index (χ1n) is 4.86. The van der Waals surface area contributed by atoms with E-state index >= 15 is 0 Å². The van der Waals surface area contributed by atoms with Gasteiger partial charge in [0.05, 0.1) is 0 Å². The van der Waals surface area contributed by atoms with Crippen LogP contribution in [0, 0.1) is 0 Å². The maximum atomic E-state index is 10.7. The van der Waals surface area contributed by atoms with Gasteiger partial charge in [-0.25, -0.2) is 0 Å². The van der Waals surface area contributed by atoms with Crippen LogP contribution in [0.25, 0.3) is 10.9 Å². The highest BCUT2D eigenvalue weighted by atomic mass is 35.5. The zero-order valence-electron chi connectivity index (χ0n) is 8.88. The molecule has 0 radical (unpaired) electrons. The van der Waals surface area contributed by atoms with Gasteiger partial charge in [-0.05, 0) is 6.07 Å². The van der Waals surface area contributed by atoms with Gasteiger partial charge < -0.3 is 20.9 Å². The maximum Gasteiger partial charge on any atom is 0.320 e. The molecule has 0 saturated carbocycles. The number of carboxylic acids is 1. The molecule has 2 aromatic rings. The lowest BCUT2D eigenvalue weighted by molar-refractivity contribution is -0.138. The van der Waals surface area contributed by atoms with Gasteiger partial charge in [0.2, 0.25) is 0 Å². The van der Waals surface area contributed by atoms with Crippen LogP contribution in [0.5, 0.6) is 5.88 Å². The van der Waals surface area contributed by atoms with Gasteiger partial charge in [0, 0.05) is 22.9 Å². The number of fused-ring (bicyclic) bond motifs is 1. The molecule has 5 nitrogen and oxygen atoms in total. The molecule has 1 aromatic carbocycles. The highest BCUT2D eigenvalue weighted by Crippen LogP contribution is 2.27. The maximum absolute atomic E-state index is 10.7. The first-order chi connectivity index (χ1) is 7.59. The number of hydrogen-bond acceptors (Lipinski definition) is 3. The molecule has 0 spiro atoms. The summed E-state index contributed by atoms with van der Waals surface area (Å²) in [6.07, 6.45) is 0.102. The number of benzene rings is 1. The number of nitrogens with one attached hydrogen (secondary N) is 1. The Morgan fingerprint density at radius 3 is 2.71 bits per heavy atom. The van der Waals surface area contributed by atoms with E-state index in [0.717, 1.165) is 10.9 Å². The Balaban J connectivity index is 0.00000144. The minimum atomic E-state index is -1.08. The molecule has 0 unspecified atom stereocenters. The second kappa shape index (κ2) is 5.07. The summed E-state index contributed by atoms with van der Waals surface area (Å²) in [7, 11) is 0. The summed E-state index contributed by atoms with van der Waals surface area (Å²) >= 11 is 0. The molecule has 0 saturated heterocycles. The lowest BCUT2D eigenvalue weighted by Gasteiger charge is -2.05. The summed E-state index contributed by atoms with van der Waals surface area (Å²) in [5.41, 5.74) is 6.76. The number of aromatic hydroxyl groups is 1. The van der Waals surface area contributed by atoms with E-state index in [9.17, 15) is 9.90 Å². The van der Waals surface area contributed by atoms with Crippen molar-refractivity contribution in [1.29, 1.82) is 0 Å². The predicted octanol–water partition coefficient (Wildman–Crippen LogP) is 1.25. The molecule has 0 fully saturated rings. The van der Waals surface area contributed by atoms with Gasteiger partial charge >= 0.3 is 5.97 Å². The largest absolute Gasteiger partial charge is 0.494 e. The molecule has 2 rings (SSSR count). The van der Waals surface area contributed by atoms with Crippen molar-refractivity contribution in [2.45, 2.75) is 12.5 Å². The van der Waals surface area contributed by atoms with Crippen molar-refractivity contribution in [1.82, 2.24) is 4.98 Å². The lowest BCUT2D eigenvalue weighted by Crippen LogP contribution is -2.32. The van der Waals surface area contributed by atoms with Crippen LogP contribution in [0.3, 0.4) is 0 Å². The van der Waals surface area contributed by atoms with Crippen LogP contribution in [0.4, 0.5) is 0 Å². The summed E-state index contributed by atoms with van der Waals surface area (Å²) in [6.45, 7) is 0. The number of halogens is 1. The average molecular weight is 257 g/mol. The summed E-state index contributed by atoms with van der Waals surface area (Å²) in [4.78, 5) is 13.4. The number of nitrogens with two attached hydrogens (primary N) is 1. The Hall–Kier alpha value is -1.72. The van der Waals surface area contributed by atoms with Gasteiger partial charge in [0.25, 0.3) is 0 Å². The van der Waals surface area contributed by atoms with Gasteiger partial charge in [0.15, 0.2) is 5.88 Å². The first-order valence-corrected chi connectivity index (χ1v) is 4.86. The number of aromatic amines is 1. The number of para-hydroxylation sites is 1. The van der Waals surface area contributed by atoms with Crippen molar-refractivity contribution in [3.05, 3.63) is 29.8 Å². The van der Waals surface area contributed by atoms with E-state index in [1.165, 1.54) is 0 Å². The van der Waals surface area contributed by atoms with E-state index in [1.54, 1.807) is 0 Å². The Morgan fingerprint density at radius 2 is 2.06 bits per heavy atom. The number of carbonyl (C=O) groups is 1. The SMILES string of the molecule is Cl.N[C@@H](Cc1c(O)[nH]c2ccccc12)C(=O)O. The van der Waals surface area contributed by atoms with Crippen molar-refractivity contribution < 1.29 is 15.0 Å². The van der Waals surface area contributed by atoms with Crippen LogP contribution in [-0.2, 0) is 11.2 Å². The Bertz CT molecular complexity index is 538. The van der Waals surface area contributed by atoms with E-state index in [0.29, 0.717) is 5.56 Å². The second-order valence-corrected chi connectivity index (χ2v) is 3.65. The summed E-state index contributed by atoms with van der Waals surface area (Å²) < 4.78 is 0. The first kappa shape index (κ1) is 13.3. The molecule has 5 N–H and O–H groups in total. The van der Waals surface area contributed by atoms with Crippen molar-refractivity contribution in [3.63, 3.8) is 0 Å². The van der Waals surface area contributed by atoms with Gasteiger partial charge in [-0.2, -0.15) is 0 Å². The van der Waals surface area contributed by atoms with Crippen LogP contribution in [-0.4, -0.2) is 27.2 Å². The molecule has 0 amide bonds. The molecular formula is C11H13ClN2O3. The molecule has 0 aliphatic heterocycles. The minimum absolute atomic E-state index is 0. The fourth-order valence-corrected chi connectivity index (χ4v) is 1.70. The third-order valence-electron chi connectivity index (χ3n) is 2.53. The van der Waals surface area contributed by atoms with Crippen LogP contribution < -0.4 is 5.73 Å². The van der Waals surface area contributed by atoms with Crippen LogP contribution in [0.1, 0.15) is 5.56 Å². The fourth-order valence-electron chi connectivity index (χ4n) is 1.70. The molecule has 0 aliphatic carbocycles. The molecule has 92 valence electrons. The van der Waals surface area contributed by atoms with E-state index in [2.05, 4.69) is 4.98 Å². The number of carboxylic acid groups (broad SMARTS) is 1. The Kier molecular flexibility index (Phi) is 3.98. The molecule has 6 heteroatoms. The predicted molar refractivity (Wildman–Crippen MR) is 66.5 cm³/mol. The number of hydrogen-bond donors (Lipinski definition) is 4. The van der Waals surface area contributed by atoms with Gasteiger partial charge in [-0.3, -0.25) is 4.79 Å².